The zero-order valence-corrected chi connectivity index (χ0v) is 5.05. The molecule has 0 aromatic rings. The first kappa shape index (κ1) is 7.08. The number of aliphatic hydroxyl groups excluding tert-OH is 2. The summed E-state index contributed by atoms with van der Waals surface area (Å²) in [6.45, 7) is 3.08. The Morgan fingerprint density at radius 1 is 1.00 bits per heavy atom. The van der Waals surface area contributed by atoms with Gasteiger partial charge < -0.3 is 10.2 Å². The van der Waals surface area contributed by atoms with Crippen LogP contribution >= 0.6 is 0 Å². The topological polar surface area (TPSA) is 40.5 Å². The van der Waals surface area contributed by atoms with Gasteiger partial charge in [-0.15, -0.1) is 0 Å². The second-order valence-electron chi connectivity index (χ2n) is 1.62. The lowest BCUT2D eigenvalue weighted by molar-refractivity contribution is 0.406. The first-order valence-corrected chi connectivity index (χ1v) is 2.36. The first-order valence-electron chi connectivity index (χ1n) is 2.36. The summed E-state index contributed by atoms with van der Waals surface area (Å²) < 4.78 is 0. The van der Waals surface area contributed by atoms with E-state index in [0.717, 1.165) is 0 Å². The summed E-state index contributed by atoms with van der Waals surface area (Å²) in [5, 5.41) is 17.0. The predicted molar refractivity (Wildman–Crippen MR) is 32.8 cm³/mol. The number of rotatable bonds is 1. The van der Waals surface area contributed by atoms with Crippen LogP contribution in [0, 0.1) is 0 Å². The van der Waals surface area contributed by atoms with Crippen LogP contribution in [0.15, 0.2) is 23.7 Å². The van der Waals surface area contributed by atoms with E-state index < -0.39 is 0 Å². The van der Waals surface area contributed by atoms with Crippen molar-refractivity contribution in [1.82, 2.24) is 0 Å². The van der Waals surface area contributed by atoms with Gasteiger partial charge in [-0.3, -0.25) is 0 Å². The monoisotopic (exact) mass is 114 g/mol. The molecule has 0 aliphatic heterocycles. The van der Waals surface area contributed by atoms with Gasteiger partial charge in [0.1, 0.15) is 0 Å². The zero-order valence-electron chi connectivity index (χ0n) is 5.05. The van der Waals surface area contributed by atoms with E-state index in [4.69, 9.17) is 10.2 Å². The molecule has 0 spiro atoms. The maximum Gasteiger partial charge on any atom is 0.0892 e. The van der Waals surface area contributed by atoms with E-state index in [1.54, 1.807) is 13.8 Å². The highest BCUT2D eigenvalue weighted by Gasteiger charge is 1.75. The van der Waals surface area contributed by atoms with Gasteiger partial charge >= 0.3 is 0 Å². The first-order chi connectivity index (χ1) is 3.63. The smallest absolute Gasteiger partial charge is 0.0892 e. The summed E-state index contributed by atoms with van der Waals surface area (Å²) in [4.78, 5) is 0. The van der Waals surface area contributed by atoms with Crippen LogP contribution in [0.25, 0.3) is 0 Å². The van der Waals surface area contributed by atoms with Crippen LogP contribution in [0.3, 0.4) is 0 Å². The molecule has 0 atom stereocenters. The number of allylic oxidation sites excluding steroid dienone is 4. The molecule has 0 aliphatic carbocycles. The molecule has 46 valence electrons. The molecule has 0 amide bonds. The molecule has 2 heteroatoms. The summed E-state index contributed by atoms with van der Waals surface area (Å²) in [6.07, 6.45) is 2.85. The van der Waals surface area contributed by atoms with E-state index in [1.165, 1.54) is 12.2 Å². The van der Waals surface area contributed by atoms with Crippen molar-refractivity contribution in [3.63, 3.8) is 0 Å². The lowest BCUT2D eigenvalue weighted by Crippen LogP contribution is -1.69. The minimum Gasteiger partial charge on any atom is -0.513 e. The fourth-order valence-corrected chi connectivity index (χ4v) is 0.241. The highest BCUT2D eigenvalue weighted by molar-refractivity contribution is 5.06. The maximum absolute atomic E-state index is 8.51. The van der Waals surface area contributed by atoms with Crippen molar-refractivity contribution in [3.05, 3.63) is 23.7 Å². The molecule has 0 bridgehead atoms. The molecule has 0 radical (unpaired) electrons. The maximum atomic E-state index is 8.51. The summed E-state index contributed by atoms with van der Waals surface area (Å²) >= 11 is 0. The summed E-state index contributed by atoms with van der Waals surface area (Å²) in [6, 6.07) is 0. The summed E-state index contributed by atoms with van der Waals surface area (Å²) in [7, 11) is 0. The number of aliphatic hydroxyl groups is 2. The third kappa shape index (κ3) is 5.08. The molecule has 0 fully saturated rings. The highest BCUT2D eigenvalue weighted by Crippen LogP contribution is 1.89. The van der Waals surface area contributed by atoms with Gasteiger partial charge in [-0.05, 0) is 26.0 Å². The molecule has 0 rings (SSSR count). The fraction of sp³-hybridized carbons (Fsp3) is 0.333. The van der Waals surface area contributed by atoms with Crippen molar-refractivity contribution < 1.29 is 10.2 Å². The molecule has 0 unspecified atom stereocenters. The Morgan fingerprint density at radius 3 is 1.38 bits per heavy atom. The van der Waals surface area contributed by atoms with Crippen molar-refractivity contribution in [2.45, 2.75) is 13.8 Å². The molecule has 2 nitrogen and oxygen atoms in total. The second-order valence-corrected chi connectivity index (χ2v) is 1.62. The average molecular weight is 114 g/mol. The minimum absolute atomic E-state index is 0.193. The predicted octanol–water partition coefficient (Wildman–Crippen LogP) is 1.91. The van der Waals surface area contributed by atoms with E-state index in [2.05, 4.69) is 0 Å². The Bertz CT molecular complexity index is 98.5. The molecule has 2 N–H and O–H groups in total. The van der Waals surface area contributed by atoms with Gasteiger partial charge in [0.05, 0.1) is 11.5 Å². The van der Waals surface area contributed by atoms with Crippen molar-refractivity contribution >= 4 is 0 Å². The normalized spacial score (nSPS) is 14.2. The SMILES string of the molecule is C/C(O)=C\C=C(/C)O. The van der Waals surface area contributed by atoms with E-state index in [-0.39, 0.29) is 11.5 Å². The summed E-state index contributed by atoms with van der Waals surface area (Å²) in [5.74, 6) is 0.386. The van der Waals surface area contributed by atoms with Gasteiger partial charge in [0, 0.05) is 0 Å². The molecular weight excluding hydrogens is 104 g/mol. The van der Waals surface area contributed by atoms with E-state index in [9.17, 15) is 0 Å². The lowest BCUT2D eigenvalue weighted by Gasteiger charge is -1.83. The van der Waals surface area contributed by atoms with Gasteiger partial charge in [-0.1, -0.05) is 0 Å². The van der Waals surface area contributed by atoms with E-state index in [0.29, 0.717) is 0 Å². The van der Waals surface area contributed by atoms with Crippen LogP contribution in [-0.4, -0.2) is 10.2 Å². The molecule has 8 heavy (non-hydrogen) atoms. The standard InChI is InChI=1S/C6H10O2/c1-5(7)3-4-6(2)8/h3-4,7-8H,1-2H3/b5-3+,6-4+. The van der Waals surface area contributed by atoms with Crippen molar-refractivity contribution in [1.29, 1.82) is 0 Å². The van der Waals surface area contributed by atoms with Crippen molar-refractivity contribution in [2.24, 2.45) is 0 Å². The third-order valence-corrected chi connectivity index (χ3v) is 0.566. The van der Waals surface area contributed by atoms with Crippen LogP contribution in [0.4, 0.5) is 0 Å². The van der Waals surface area contributed by atoms with Crippen molar-refractivity contribution in [3.8, 4) is 0 Å². The van der Waals surface area contributed by atoms with Crippen LogP contribution in [0.2, 0.25) is 0 Å². The van der Waals surface area contributed by atoms with Gasteiger partial charge in [0.15, 0.2) is 0 Å². The van der Waals surface area contributed by atoms with Gasteiger partial charge in [-0.25, -0.2) is 0 Å². The molecule has 0 aliphatic rings. The largest absolute Gasteiger partial charge is 0.513 e. The van der Waals surface area contributed by atoms with Gasteiger partial charge in [-0.2, -0.15) is 0 Å². The minimum atomic E-state index is 0.193. The lowest BCUT2D eigenvalue weighted by atomic mass is 10.4. The van der Waals surface area contributed by atoms with E-state index >= 15 is 0 Å². The molecule has 0 saturated heterocycles. The molecular formula is C6H10O2. The highest BCUT2D eigenvalue weighted by atomic mass is 16.3. The van der Waals surface area contributed by atoms with Crippen LogP contribution < -0.4 is 0 Å². The second kappa shape index (κ2) is 3.13. The molecule has 0 aromatic carbocycles. The van der Waals surface area contributed by atoms with Crippen LogP contribution in [-0.2, 0) is 0 Å². The Morgan fingerprint density at radius 2 is 1.25 bits per heavy atom. The molecule has 0 aromatic heterocycles. The van der Waals surface area contributed by atoms with Crippen LogP contribution in [0.1, 0.15) is 13.8 Å². The number of hydrogen-bond acceptors (Lipinski definition) is 2. The van der Waals surface area contributed by atoms with E-state index in [1.807, 2.05) is 0 Å². The number of hydrogen-bond donors (Lipinski definition) is 2. The van der Waals surface area contributed by atoms with Gasteiger partial charge in [0.25, 0.3) is 0 Å². The Hall–Kier alpha value is -0.920. The Labute approximate surface area is 48.8 Å². The Balaban J connectivity index is 3.76. The van der Waals surface area contributed by atoms with Gasteiger partial charge in [0.2, 0.25) is 0 Å². The quantitative estimate of drug-likeness (QED) is 0.404. The third-order valence-electron chi connectivity index (χ3n) is 0.566. The molecule has 0 heterocycles. The molecule has 0 saturated carbocycles. The van der Waals surface area contributed by atoms with Crippen LogP contribution in [0.5, 0.6) is 0 Å². The van der Waals surface area contributed by atoms with Crippen molar-refractivity contribution in [2.75, 3.05) is 0 Å². The fourth-order valence-electron chi connectivity index (χ4n) is 0.241. The zero-order chi connectivity index (χ0) is 6.57. The Kier molecular flexibility index (Phi) is 2.77. The summed E-state index contributed by atoms with van der Waals surface area (Å²) in [5.41, 5.74) is 0. The average Bonchev–Trinajstić information content (AvgIpc) is 1.61.